The third kappa shape index (κ3) is 2.76. The minimum absolute atomic E-state index is 0.377. The first-order chi connectivity index (χ1) is 10.7. The Morgan fingerprint density at radius 1 is 1.41 bits per heavy atom. The van der Waals surface area contributed by atoms with Crippen molar-refractivity contribution in [2.24, 2.45) is 5.92 Å². The van der Waals surface area contributed by atoms with Crippen LogP contribution in [0.5, 0.6) is 0 Å². The molecule has 0 spiro atoms. The summed E-state index contributed by atoms with van der Waals surface area (Å²) >= 11 is 1.75. The Balaban J connectivity index is 1.43. The molecule has 5 heterocycles. The lowest BCUT2D eigenvalue weighted by molar-refractivity contribution is 0.0297. The second kappa shape index (κ2) is 5.85. The zero-order valence-electron chi connectivity index (χ0n) is 12.6. The molecule has 0 saturated carbocycles. The molecule has 1 aromatic rings. The topological polar surface area (TPSA) is 53.3 Å². The van der Waals surface area contributed by atoms with Crippen LogP contribution in [0.2, 0.25) is 0 Å². The van der Waals surface area contributed by atoms with Gasteiger partial charge >= 0.3 is 0 Å². The van der Waals surface area contributed by atoms with Crippen LogP contribution in [0.15, 0.2) is 30.8 Å². The molecule has 4 aliphatic rings. The summed E-state index contributed by atoms with van der Waals surface area (Å²) in [5, 5.41) is 15.0. The first kappa shape index (κ1) is 14.5. The van der Waals surface area contributed by atoms with E-state index in [1.165, 1.54) is 25.9 Å². The minimum atomic E-state index is -0.693. The van der Waals surface area contributed by atoms with Crippen molar-refractivity contribution < 1.29 is 5.11 Å². The molecule has 0 radical (unpaired) electrons. The van der Waals surface area contributed by atoms with Crippen LogP contribution in [0.4, 0.5) is 0 Å². The van der Waals surface area contributed by atoms with E-state index < -0.39 is 6.23 Å². The van der Waals surface area contributed by atoms with E-state index in [1.54, 1.807) is 18.1 Å². The molecule has 22 heavy (non-hydrogen) atoms. The largest absolute Gasteiger partial charge is 0.373 e. The number of imidazole rings is 1. The maximum absolute atomic E-state index is 10.5. The van der Waals surface area contributed by atoms with Gasteiger partial charge in [-0.2, -0.15) is 0 Å². The van der Waals surface area contributed by atoms with E-state index in [0.29, 0.717) is 17.7 Å². The van der Waals surface area contributed by atoms with Crippen LogP contribution >= 0.6 is 11.8 Å². The van der Waals surface area contributed by atoms with Crippen molar-refractivity contribution in [2.75, 3.05) is 25.4 Å². The predicted molar refractivity (Wildman–Crippen MR) is 89.1 cm³/mol. The number of nitrogens with one attached hydrogen (secondary N) is 1. The highest BCUT2D eigenvalue weighted by Gasteiger charge is 2.35. The lowest BCUT2D eigenvalue weighted by Gasteiger charge is -2.45. The monoisotopic (exact) mass is 318 g/mol. The van der Waals surface area contributed by atoms with Gasteiger partial charge in [-0.3, -0.25) is 5.32 Å². The standard InChI is InChI=1S/C16H22N4OS/c1-11-6-15(22-9-11)20-8-14(17-10-20)16(21)18-13-7-19-4-2-12(13)3-5-19/h6,8,10,12-13,16,18,21H,1-5,7,9H2. The molecule has 118 valence electrons. The molecule has 3 fully saturated rings. The number of aromatic nitrogens is 2. The Morgan fingerprint density at radius 2 is 2.23 bits per heavy atom. The summed E-state index contributed by atoms with van der Waals surface area (Å²) < 4.78 is 1.97. The van der Waals surface area contributed by atoms with Crippen LogP contribution in [-0.4, -0.2) is 51.0 Å². The van der Waals surface area contributed by atoms with E-state index in [4.69, 9.17) is 0 Å². The van der Waals surface area contributed by atoms with E-state index in [-0.39, 0.29) is 0 Å². The predicted octanol–water partition coefficient (Wildman–Crippen LogP) is 1.66. The Bertz CT molecular complexity index is 603. The first-order valence-electron chi connectivity index (χ1n) is 7.92. The van der Waals surface area contributed by atoms with Crippen LogP contribution in [0.1, 0.15) is 24.8 Å². The normalized spacial score (nSPS) is 32.3. The number of fused-ring (bicyclic) bond motifs is 3. The number of allylic oxidation sites excluding steroid dienone is 1. The lowest BCUT2D eigenvalue weighted by atomic mass is 9.84. The van der Waals surface area contributed by atoms with Gasteiger partial charge in [-0.1, -0.05) is 6.58 Å². The average molecular weight is 318 g/mol. The molecule has 5 rings (SSSR count). The van der Waals surface area contributed by atoms with Crippen molar-refractivity contribution in [3.8, 4) is 0 Å². The minimum Gasteiger partial charge on any atom is -0.373 e. The molecule has 2 unspecified atom stereocenters. The van der Waals surface area contributed by atoms with E-state index in [9.17, 15) is 5.11 Å². The molecule has 2 bridgehead atoms. The summed E-state index contributed by atoms with van der Waals surface area (Å²) in [6.45, 7) is 7.44. The van der Waals surface area contributed by atoms with Gasteiger partial charge in [0.15, 0.2) is 0 Å². The molecule has 0 amide bonds. The Labute approximate surface area is 135 Å². The fraction of sp³-hybridized carbons (Fsp3) is 0.562. The number of rotatable bonds is 4. The SMILES string of the molecule is C=C1C=C(n2cnc(C(O)NC3CN4CCC3CC4)c2)SC1. The van der Waals surface area contributed by atoms with Gasteiger partial charge in [0.25, 0.3) is 0 Å². The maximum atomic E-state index is 10.5. The molecule has 0 aliphatic carbocycles. The van der Waals surface area contributed by atoms with Crippen LogP contribution in [0, 0.1) is 5.92 Å². The van der Waals surface area contributed by atoms with E-state index in [0.717, 1.165) is 22.9 Å². The fourth-order valence-electron chi connectivity index (χ4n) is 3.62. The quantitative estimate of drug-likeness (QED) is 0.827. The summed E-state index contributed by atoms with van der Waals surface area (Å²) in [6.07, 6.45) is 7.55. The summed E-state index contributed by atoms with van der Waals surface area (Å²) in [5.74, 6) is 1.63. The Kier molecular flexibility index (Phi) is 3.86. The number of hydrogen-bond acceptors (Lipinski definition) is 5. The third-order valence-electron chi connectivity index (χ3n) is 4.90. The smallest absolute Gasteiger partial charge is 0.149 e. The molecule has 6 heteroatoms. The van der Waals surface area contributed by atoms with Gasteiger partial charge in [0.1, 0.15) is 18.2 Å². The highest BCUT2D eigenvalue weighted by molar-refractivity contribution is 8.08. The highest BCUT2D eigenvalue weighted by atomic mass is 32.2. The average Bonchev–Trinajstić information content (AvgIpc) is 3.17. The van der Waals surface area contributed by atoms with Crippen molar-refractivity contribution in [3.05, 3.63) is 36.4 Å². The van der Waals surface area contributed by atoms with Gasteiger partial charge in [-0.05, 0) is 43.5 Å². The number of aliphatic hydroxyl groups excluding tert-OH is 1. The fourth-order valence-corrected chi connectivity index (χ4v) is 4.53. The summed E-state index contributed by atoms with van der Waals surface area (Å²) in [4.78, 5) is 6.85. The molecular weight excluding hydrogens is 296 g/mol. The van der Waals surface area contributed by atoms with Gasteiger partial charge in [0.2, 0.25) is 0 Å². The number of thioether (sulfide) groups is 1. The third-order valence-corrected chi connectivity index (χ3v) is 6.04. The number of aliphatic hydroxyl groups is 1. The molecule has 1 aromatic heterocycles. The van der Waals surface area contributed by atoms with Crippen LogP contribution < -0.4 is 5.32 Å². The molecule has 0 aromatic carbocycles. The molecule has 5 nitrogen and oxygen atoms in total. The zero-order valence-corrected chi connectivity index (χ0v) is 13.4. The maximum Gasteiger partial charge on any atom is 0.149 e. The summed E-state index contributed by atoms with van der Waals surface area (Å²) in [7, 11) is 0. The molecule has 3 saturated heterocycles. The van der Waals surface area contributed by atoms with Crippen LogP contribution in [0.3, 0.4) is 0 Å². The summed E-state index contributed by atoms with van der Waals surface area (Å²) in [6, 6.07) is 0.377. The van der Waals surface area contributed by atoms with Gasteiger partial charge in [-0.25, -0.2) is 4.98 Å². The van der Waals surface area contributed by atoms with Gasteiger partial charge < -0.3 is 14.6 Å². The first-order valence-corrected chi connectivity index (χ1v) is 8.90. The molecule has 2 N–H and O–H groups in total. The second-order valence-corrected chi connectivity index (χ2v) is 7.44. The number of nitrogens with zero attached hydrogens (tertiary/aromatic N) is 3. The van der Waals surface area contributed by atoms with Crippen molar-refractivity contribution in [1.29, 1.82) is 0 Å². The van der Waals surface area contributed by atoms with Crippen LogP contribution in [0.25, 0.3) is 5.03 Å². The zero-order chi connectivity index (χ0) is 15.1. The number of piperidine rings is 3. The van der Waals surface area contributed by atoms with E-state index in [1.807, 2.05) is 10.8 Å². The van der Waals surface area contributed by atoms with Crippen LogP contribution in [-0.2, 0) is 0 Å². The highest BCUT2D eigenvalue weighted by Crippen LogP contribution is 2.32. The van der Waals surface area contributed by atoms with Crippen molar-refractivity contribution in [1.82, 2.24) is 19.8 Å². The van der Waals surface area contributed by atoms with E-state index >= 15 is 0 Å². The van der Waals surface area contributed by atoms with Gasteiger partial charge in [0, 0.05) is 24.5 Å². The van der Waals surface area contributed by atoms with Gasteiger partial charge in [-0.15, -0.1) is 11.8 Å². The van der Waals surface area contributed by atoms with Crippen molar-refractivity contribution in [3.63, 3.8) is 0 Å². The van der Waals surface area contributed by atoms with Gasteiger partial charge in [0.05, 0.1) is 5.03 Å². The molecule has 2 atom stereocenters. The molecular formula is C16H22N4OS. The van der Waals surface area contributed by atoms with Crippen molar-refractivity contribution >= 4 is 16.8 Å². The lowest BCUT2D eigenvalue weighted by Crippen LogP contribution is -2.56. The number of hydrogen-bond donors (Lipinski definition) is 2. The Morgan fingerprint density at radius 3 is 2.86 bits per heavy atom. The second-order valence-electron chi connectivity index (χ2n) is 6.45. The summed E-state index contributed by atoms with van der Waals surface area (Å²) in [5.41, 5.74) is 1.82. The van der Waals surface area contributed by atoms with E-state index in [2.05, 4.69) is 27.9 Å². The Hall–Kier alpha value is -1.08. The van der Waals surface area contributed by atoms with Crippen molar-refractivity contribution in [2.45, 2.75) is 25.1 Å². The molecule has 4 aliphatic heterocycles.